The third-order valence-electron chi connectivity index (χ3n) is 3.25. The first-order chi connectivity index (χ1) is 5.74. The van der Waals surface area contributed by atoms with E-state index in [9.17, 15) is 5.11 Å². The molecule has 0 amide bonds. The molecule has 0 spiro atoms. The molecule has 2 fully saturated rings. The van der Waals surface area contributed by atoms with Crippen LogP contribution in [-0.2, 0) is 0 Å². The first-order valence-corrected chi connectivity index (χ1v) is 5.13. The lowest BCUT2D eigenvalue weighted by Gasteiger charge is -2.28. The summed E-state index contributed by atoms with van der Waals surface area (Å²) >= 11 is 0. The molecule has 2 nitrogen and oxygen atoms in total. The van der Waals surface area contributed by atoms with Gasteiger partial charge in [0.15, 0.2) is 0 Å². The summed E-state index contributed by atoms with van der Waals surface area (Å²) in [4.78, 5) is 0. The molecule has 0 heterocycles. The largest absolute Gasteiger partial charge is 0.394 e. The predicted molar refractivity (Wildman–Crippen MR) is 49.0 cm³/mol. The van der Waals surface area contributed by atoms with Crippen molar-refractivity contribution in [2.75, 3.05) is 6.61 Å². The van der Waals surface area contributed by atoms with Gasteiger partial charge in [-0.25, -0.2) is 0 Å². The van der Waals surface area contributed by atoms with Crippen LogP contribution in [0.15, 0.2) is 0 Å². The van der Waals surface area contributed by atoms with Gasteiger partial charge in [-0.15, -0.1) is 0 Å². The van der Waals surface area contributed by atoms with Crippen molar-refractivity contribution >= 4 is 0 Å². The van der Waals surface area contributed by atoms with E-state index in [1.54, 1.807) is 0 Å². The molecule has 0 aromatic rings. The van der Waals surface area contributed by atoms with Gasteiger partial charge in [-0.05, 0) is 38.0 Å². The third-order valence-corrected chi connectivity index (χ3v) is 3.25. The van der Waals surface area contributed by atoms with E-state index in [1.807, 2.05) is 0 Å². The van der Waals surface area contributed by atoms with Gasteiger partial charge in [0.25, 0.3) is 0 Å². The van der Waals surface area contributed by atoms with E-state index >= 15 is 0 Å². The highest BCUT2D eigenvalue weighted by molar-refractivity contribution is 4.99. The Bertz CT molecular complexity index is 167. The zero-order valence-corrected chi connectivity index (χ0v) is 7.84. The molecule has 2 unspecified atom stereocenters. The highest BCUT2D eigenvalue weighted by Crippen LogP contribution is 2.36. The fraction of sp³-hybridized carbons (Fsp3) is 1.00. The van der Waals surface area contributed by atoms with E-state index in [4.69, 9.17) is 0 Å². The molecule has 0 aromatic heterocycles. The number of aliphatic hydroxyl groups is 1. The molecule has 12 heavy (non-hydrogen) atoms. The monoisotopic (exact) mass is 169 g/mol. The van der Waals surface area contributed by atoms with Crippen molar-refractivity contribution in [3.63, 3.8) is 0 Å². The third kappa shape index (κ3) is 1.64. The summed E-state index contributed by atoms with van der Waals surface area (Å²) in [6.45, 7) is 2.61. The van der Waals surface area contributed by atoms with Crippen molar-refractivity contribution < 1.29 is 5.11 Å². The average Bonchev–Trinajstić information content (AvgIpc) is 2.77. The van der Waals surface area contributed by atoms with Gasteiger partial charge in [0.2, 0.25) is 0 Å². The summed E-state index contributed by atoms with van der Waals surface area (Å²) in [5.74, 6) is 0.795. The SMILES string of the molecule is CC1CCC(CO)(NC2CC2)C1. The van der Waals surface area contributed by atoms with Crippen molar-refractivity contribution in [2.24, 2.45) is 5.92 Å². The standard InChI is InChI=1S/C10H19NO/c1-8-4-5-10(6-8,7-12)11-9-2-3-9/h8-9,11-12H,2-7H2,1H3. The van der Waals surface area contributed by atoms with E-state index < -0.39 is 0 Å². The van der Waals surface area contributed by atoms with Crippen LogP contribution in [-0.4, -0.2) is 23.3 Å². The summed E-state index contributed by atoms with van der Waals surface area (Å²) in [7, 11) is 0. The lowest BCUT2D eigenvalue weighted by atomic mass is 9.97. The van der Waals surface area contributed by atoms with Crippen molar-refractivity contribution in [3.8, 4) is 0 Å². The lowest BCUT2D eigenvalue weighted by molar-refractivity contribution is 0.159. The van der Waals surface area contributed by atoms with Gasteiger partial charge in [0.1, 0.15) is 0 Å². The Kier molecular flexibility index (Phi) is 2.13. The zero-order valence-electron chi connectivity index (χ0n) is 7.84. The Hall–Kier alpha value is -0.0800. The fourth-order valence-corrected chi connectivity index (χ4v) is 2.37. The molecule has 0 aliphatic heterocycles. The minimum Gasteiger partial charge on any atom is -0.394 e. The summed E-state index contributed by atoms with van der Waals surface area (Å²) in [5, 5.41) is 12.9. The summed E-state index contributed by atoms with van der Waals surface area (Å²) < 4.78 is 0. The molecule has 70 valence electrons. The number of aliphatic hydroxyl groups excluding tert-OH is 1. The molecule has 0 bridgehead atoms. The maximum Gasteiger partial charge on any atom is 0.0613 e. The quantitative estimate of drug-likeness (QED) is 0.667. The Morgan fingerprint density at radius 1 is 1.42 bits per heavy atom. The summed E-state index contributed by atoms with van der Waals surface area (Å²) in [6, 6.07) is 0.724. The van der Waals surface area contributed by atoms with Gasteiger partial charge in [0.05, 0.1) is 6.61 Å². The Balaban J connectivity index is 1.93. The van der Waals surface area contributed by atoms with Crippen LogP contribution in [0.5, 0.6) is 0 Å². The molecular weight excluding hydrogens is 150 g/mol. The normalized spacial score (nSPS) is 42.0. The van der Waals surface area contributed by atoms with Gasteiger partial charge in [0, 0.05) is 11.6 Å². The summed E-state index contributed by atoms with van der Waals surface area (Å²) in [6.07, 6.45) is 6.24. The molecular formula is C10H19NO. The molecule has 0 aromatic carbocycles. The minimum atomic E-state index is 0.0978. The van der Waals surface area contributed by atoms with E-state index in [1.165, 1.54) is 32.1 Å². The Morgan fingerprint density at radius 3 is 2.58 bits per heavy atom. The fourth-order valence-electron chi connectivity index (χ4n) is 2.37. The molecule has 2 N–H and O–H groups in total. The van der Waals surface area contributed by atoms with E-state index in [0.29, 0.717) is 6.61 Å². The first kappa shape index (κ1) is 8.52. The molecule has 0 radical (unpaired) electrons. The Labute approximate surface area is 74.4 Å². The summed E-state index contributed by atoms with van der Waals surface area (Å²) in [5.41, 5.74) is 0.0978. The maximum absolute atomic E-state index is 9.35. The van der Waals surface area contributed by atoms with Crippen LogP contribution < -0.4 is 5.32 Å². The van der Waals surface area contributed by atoms with Crippen LogP contribution in [0.1, 0.15) is 39.0 Å². The van der Waals surface area contributed by atoms with Crippen molar-refractivity contribution in [1.29, 1.82) is 0 Å². The number of nitrogens with one attached hydrogen (secondary N) is 1. The van der Waals surface area contributed by atoms with Crippen LogP contribution in [0.2, 0.25) is 0 Å². The van der Waals surface area contributed by atoms with Gasteiger partial charge in [-0.1, -0.05) is 6.92 Å². The van der Waals surface area contributed by atoms with E-state index in [2.05, 4.69) is 12.2 Å². The number of hydrogen-bond donors (Lipinski definition) is 2. The number of rotatable bonds is 3. The molecule has 0 saturated heterocycles. The Morgan fingerprint density at radius 2 is 2.17 bits per heavy atom. The van der Waals surface area contributed by atoms with Crippen molar-refractivity contribution in [1.82, 2.24) is 5.32 Å². The van der Waals surface area contributed by atoms with Gasteiger partial charge in [-0.3, -0.25) is 0 Å². The van der Waals surface area contributed by atoms with Crippen LogP contribution in [0.25, 0.3) is 0 Å². The second-order valence-corrected chi connectivity index (χ2v) is 4.71. The molecule has 2 saturated carbocycles. The van der Waals surface area contributed by atoms with Crippen LogP contribution >= 0.6 is 0 Å². The second-order valence-electron chi connectivity index (χ2n) is 4.71. The molecule has 2 aliphatic carbocycles. The maximum atomic E-state index is 9.35. The topological polar surface area (TPSA) is 32.3 Å². The van der Waals surface area contributed by atoms with Gasteiger partial charge >= 0.3 is 0 Å². The average molecular weight is 169 g/mol. The number of hydrogen-bond acceptors (Lipinski definition) is 2. The van der Waals surface area contributed by atoms with E-state index in [-0.39, 0.29) is 5.54 Å². The van der Waals surface area contributed by atoms with Crippen LogP contribution in [0, 0.1) is 5.92 Å². The van der Waals surface area contributed by atoms with Crippen LogP contribution in [0.3, 0.4) is 0 Å². The lowest BCUT2D eigenvalue weighted by Crippen LogP contribution is -2.47. The molecule has 2 heteroatoms. The smallest absolute Gasteiger partial charge is 0.0613 e. The van der Waals surface area contributed by atoms with E-state index in [0.717, 1.165) is 12.0 Å². The highest BCUT2D eigenvalue weighted by Gasteiger charge is 2.40. The van der Waals surface area contributed by atoms with Crippen LogP contribution in [0.4, 0.5) is 0 Å². The minimum absolute atomic E-state index is 0.0978. The van der Waals surface area contributed by atoms with Crippen molar-refractivity contribution in [3.05, 3.63) is 0 Å². The predicted octanol–water partition coefficient (Wildman–Crippen LogP) is 1.29. The molecule has 2 rings (SSSR count). The highest BCUT2D eigenvalue weighted by atomic mass is 16.3. The second kappa shape index (κ2) is 3.00. The first-order valence-electron chi connectivity index (χ1n) is 5.13. The van der Waals surface area contributed by atoms with Gasteiger partial charge in [-0.2, -0.15) is 0 Å². The van der Waals surface area contributed by atoms with Crippen molar-refractivity contribution in [2.45, 2.75) is 50.6 Å². The van der Waals surface area contributed by atoms with Gasteiger partial charge < -0.3 is 10.4 Å². The zero-order chi connectivity index (χ0) is 8.60. The molecule has 2 atom stereocenters. The molecule has 2 aliphatic rings.